The molecule has 1 atom stereocenters. The van der Waals surface area contributed by atoms with Crippen molar-refractivity contribution >= 4 is 0 Å². The molecule has 2 aliphatic rings. The molecule has 1 N–H and O–H groups in total. The Hall–Kier alpha value is -2.35. The fourth-order valence-electron chi connectivity index (χ4n) is 3.63. The lowest BCUT2D eigenvalue weighted by Crippen LogP contribution is -2.34. The molecule has 27 heavy (non-hydrogen) atoms. The Kier molecular flexibility index (Phi) is 5.15. The van der Waals surface area contributed by atoms with Gasteiger partial charge >= 0.3 is 0 Å². The predicted octanol–water partition coefficient (Wildman–Crippen LogP) is 1.50. The molecule has 2 aliphatic heterocycles. The van der Waals surface area contributed by atoms with Crippen molar-refractivity contribution in [3.63, 3.8) is 0 Å². The molecule has 3 heterocycles. The molecular formula is C20H23NO6. The van der Waals surface area contributed by atoms with E-state index in [0.717, 1.165) is 23.2 Å². The zero-order valence-corrected chi connectivity index (χ0v) is 15.3. The van der Waals surface area contributed by atoms with E-state index < -0.39 is 0 Å². The van der Waals surface area contributed by atoms with Gasteiger partial charge in [0.25, 0.3) is 0 Å². The fourth-order valence-corrected chi connectivity index (χ4v) is 3.63. The molecule has 1 saturated heterocycles. The molecule has 0 bridgehead atoms. The van der Waals surface area contributed by atoms with Crippen LogP contribution in [0.2, 0.25) is 0 Å². The van der Waals surface area contributed by atoms with Crippen LogP contribution in [0.15, 0.2) is 29.1 Å². The zero-order chi connectivity index (χ0) is 18.8. The van der Waals surface area contributed by atoms with Gasteiger partial charge in [0.05, 0.1) is 25.5 Å². The third-order valence-electron chi connectivity index (χ3n) is 4.99. The Morgan fingerprint density at radius 1 is 1.26 bits per heavy atom. The summed E-state index contributed by atoms with van der Waals surface area (Å²) in [7, 11) is 0. The minimum absolute atomic E-state index is 0.0550. The molecule has 2 aromatic rings. The standard InChI is InChI=1S/C20H23NO6/c1-13-18(23)9-19(26-11-16-10-24-6-7-25-16)21-5-4-14-8-15(27-12-22)2-3-17(14)20(13)21/h2-3,8-9,16,22H,4-7,10-12H2,1H3. The van der Waals surface area contributed by atoms with Gasteiger partial charge in [0.2, 0.25) is 0 Å². The quantitative estimate of drug-likeness (QED) is 0.801. The summed E-state index contributed by atoms with van der Waals surface area (Å²) in [6.07, 6.45) is 0.660. The molecule has 1 aromatic heterocycles. The van der Waals surface area contributed by atoms with Gasteiger partial charge in [-0.25, -0.2) is 0 Å². The van der Waals surface area contributed by atoms with E-state index in [9.17, 15) is 4.79 Å². The van der Waals surface area contributed by atoms with Gasteiger partial charge in [0.1, 0.15) is 18.5 Å². The number of benzene rings is 1. The number of aryl methyl sites for hydroxylation is 1. The maximum atomic E-state index is 12.5. The Balaban J connectivity index is 1.67. The second-order valence-electron chi connectivity index (χ2n) is 6.69. The number of pyridine rings is 1. The minimum Gasteiger partial charge on any atom is -0.476 e. The molecule has 1 unspecified atom stereocenters. The number of aromatic nitrogens is 1. The zero-order valence-electron chi connectivity index (χ0n) is 15.3. The van der Waals surface area contributed by atoms with Gasteiger partial charge in [-0.15, -0.1) is 0 Å². The number of fused-ring (bicyclic) bond motifs is 3. The van der Waals surface area contributed by atoms with Crippen molar-refractivity contribution in [3.05, 3.63) is 45.6 Å². The number of nitrogens with zero attached hydrogens (tertiary/aromatic N) is 1. The smallest absolute Gasteiger partial charge is 0.197 e. The summed E-state index contributed by atoms with van der Waals surface area (Å²) in [5.74, 6) is 1.17. The number of hydrogen-bond acceptors (Lipinski definition) is 6. The molecular weight excluding hydrogens is 350 g/mol. The second-order valence-corrected chi connectivity index (χ2v) is 6.69. The summed E-state index contributed by atoms with van der Waals surface area (Å²) in [4.78, 5) is 12.5. The largest absolute Gasteiger partial charge is 0.476 e. The average molecular weight is 373 g/mol. The van der Waals surface area contributed by atoms with E-state index in [1.165, 1.54) is 0 Å². The van der Waals surface area contributed by atoms with Crippen molar-refractivity contribution in [1.29, 1.82) is 0 Å². The molecule has 0 radical (unpaired) electrons. The SMILES string of the molecule is Cc1c2n(c(OCC3COCCO3)cc1=O)CCc1cc(OCO)ccc1-2. The number of hydrogen-bond donors (Lipinski definition) is 1. The van der Waals surface area contributed by atoms with Crippen molar-refractivity contribution < 1.29 is 24.1 Å². The third-order valence-corrected chi connectivity index (χ3v) is 4.99. The monoisotopic (exact) mass is 373 g/mol. The lowest BCUT2D eigenvalue weighted by Gasteiger charge is -2.28. The molecule has 0 saturated carbocycles. The van der Waals surface area contributed by atoms with Crippen LogP contribution in [-0.2, 0) is 22.4 Å². The van der Waals surface area contributed by atoms with E-state index in [4.69, 9.17) is 24.1 Å². The highest BCUT2D eigenvalue weighted by Gasteiger charge is 2.23. The number of rotatable bonds is 5. The van der Waals surface area contributed by atoms with Crippen LogP contribution in [0.25, 0.3) is 11.3 Å². The molecule has 0 spiro atoms. The molecule has 0 amide bonds. The number of aliphatic hydroxyl groups is 1. The Bertz CT molecular complexity index is 885. The lowest BCUT2D eigenvalue weighted by molar-refractivity contribution is -0.102. The van der Waals surface area contributed by atoms with Crippen molar-refractivity contribution in [3.8, 4) is 22.9 Å². The molecule has 144 valence electrons. The van der Waals surface area contributed by atoms with Crippen molar-refractivity contribution in [2.75, 3.05) is 33.2 Å². The minimum atomic E-state index is -0.362. The van der Waals surface area contributed by atoms with E-state index in [2.05, 4.69) is 4.57 Å². The Morgan fingerprint density at radius 3 is 2.93 bits per heavy atom. The first-order valence-electron chi connectivity index (χ1n) is 9.11. The Labute approximate surface area is 157 Å². The first kappa shape index (κ1) is 18.0. The van der Waals surface area contributed by atoms with Gasteiger partial charge in [-0.1, -0.05) is 0 Å². The topological polar surface area (TPSA) is 79.2 Å². The van der Waals surface area contributed by atoms with E-state index in [1.54, 1.807) is 12.1 Å². The predicted molar refractivity (Wildman–Crippen MR) is 98.3 cm³/mol. The van der Waals surface area contributed by atoms with Crippen LogP contribution < -0.4 is 14.9 Å². The molecule has 0 aliphatic carbocycles. The van der Waals surface area contributed by atoms with Crippen LogP contribution >= 0.6 is 0 Å². The van der Waals surface area contributed by atoms with Crippen LogP contribution in [0.3, 0.4) is 0 Å². The molecule has 1 aromatic carbocycles. The Morgan fingerprint density at radius 2 is 2.15 bits per heavy atom. The molecule has 7 nitrogen and oxygen atoms in total. The van der Waals surface area contributed by atoms with Crippen molar-refractivity contribution in [2.45, 2.75) is 26.0 Å². The average Bonchev–Trinajstić information content (AvgIpc) is 2.70. The molecule has 7 heteroatoms. The van der Waals surface area contributed by atoms with E-state index >= 15 is 0 Å². The highest BCUT2D eigenvalue weighted by molar-refractivity contribution is 5.70. The van der Waals surface area contributed by atoms with Gasteiger partial charge in [0.15, 0.2) is 18.1 Å². The maximum absolute atomic E-state index is 12.5. The number of aliphatic hydroxyl groups excluding tert-OH is 1. The van der Waals surface area contributed by atoms with Crippen LogP contribution in [-0.4, -0.2) is 49.0 Å². The molecule has 4 rings (SSSR count). The third kappa shape index (κ3) is 3.58. The van der Waals surface area contributed by atoms with Gasteiger partial charge in [-0.2, -0.15) is 0 Å². The normalized spacial score (nSPS) is 18.5. The van der Waals surface area contributed by atoms with Crippen LogP contribution in [0.5, 0.6) is 11.6 Å². The van der Waals surface area contributed by atoms with Crippen LogP contribution in [0.1, 0.15) is 11.1 Å². The summed E-state index contributed by atoms with van der Waals surface area (Å²) in [5.41, 5.74) is 3.58. The van der Waals surface area contributed by atoms with Crippen LogP contribution in [0.4, 0.5) is 0 Å². The summed E-state index contributed by atoms with van der Waals surface area (Å²) in [5, 5.41) is 8.96. The van der Waals surface area contributed by atoms with Gasteiger partial charge in [-0.3, -0.25) is 4.79 Å². The highest BCUT2D eigenvalue weighted by Crippen LogP contribution is 2.35. The van der Waals surface area contributed by atoms with E-state index in [1.807, 2.05) is 19.1 Å². The second kappa shape index (κ2) is 7.72. The lowest BCUT2D eigenvalue weighted by atomic mass is 9.94. The fraction of sp³-hybridized carbons (Fsp3) is 0.450. The van der Waals surface area contributed by atoms with Gasteiger partial charge in [0, 0.05) is 23.7 Å². The summed E-state index contributed by atoms with van der Waals surface area (Å²) in [6.45, 7) is 4.18. The first-order chi connectivity index (χ1) is 13.2. The van der Waals surface area contributed by atoms with Crippen LogP contribution in [0, 0.1) is 6.92 Å². The summed E-state index contributed by atoms with van der Waals surface area (Å²) in [6, 6.07) is 7.20. The van der Waals surface area contributed by atoms with E-state index in [0.29, 0.717) is 50.2 Å². The molecule has 1 fully saturated rings. The van der Waals surface area contributed by atoms with Gasteiger partial charge in [-0.05, 0) is 37.1 Å². The summed E-state index contributed by atoms with van der Waals surface area (Å²) >= 11 is 0. The van der Waals surface area contributed by atoms with Crippen molar-refractivity contribution in [2.24, 2.45) is 0 Å². The van der Waals surface area contributed by atoms with Crippen molar-refractivity contribution in [1.82, 2.24) is 4.57 Å². The van der Waals surface area contributed by atoms with Gasteiger partial charge < -0.3 is 28.6 Å². The number of ether oxygens (including phenoxy) is 4. The summed E-state index contributed by atoms with van der Waals surface area (Å²) < 4.78 is 24.2. The van der Waals surface area contributed by atoms with E-state index in [-0.39, 0.29) is 18.3 Å². The highest BCUT2D eigenvalue weighted by atomic mass is 16.6. The first-order valence-corrected chi connectivity index (χ1v) is 9.11. The maximum Gasteiger partial charge on any atom is 0.197 e.